The van der Waals surface area contributed by atoms with Gasteiger partial charge in [-0.2, -0.15) is 0 Å². The van der Waals surface area contributed by atoms with E-state index in [1.807, 2.05) is 30.3 Å². The monoisotopic (exact) mass is 379 g/mol. The first-order chi connectivity index (χ1) is 11.8. The third-order valence-electron chi connectivity index (χ3n) is 3.59. The average molecular weight is 380 g/mol. The molecule has 1 aliphatic rings. The smallest absolute Gasteiger partial charge is 0.238 e. The first-order valence-corrected chi connectivity index (χ1v) is 10.9. The van der Waals surface area contributed by atoms with E-state index in [0.717, 1.165) is 32.8 Å². The van der Waals surface area contributed by atoms with Gasteiger partial charge in [-0.1, -0.05) is 78.5 Å². The molecule has 1 aromatic heterocycles. The fourth-order valence-corrected chi connectivity index (χ4v) is 5.49. The Morgan fingerprint density at radius 2 is 2.04 bits per heavy atom. The summed E-state index contributed by atoms with van der Waals surface area (Å²) in [6.45, 7) is 2.19. The Labute approximate surface area is 155 Å². The fourth-order valence-electron chi connectivity index (χ4n) is 2.11. The van der Waals surface area contributed by atoms with Crippen LogP contribution in [0.5, 0.6) is 0 Å². The Balaban J connectivity index is 1.68. The minimum absolute atomic E-state index is 0.0732. The molecule has 1 saturated carbocycles. The number of rotatable bonds is 9. The number of hydrogen-bond donors (Lipinski definition) is 1. The zero-order chi connectivity index (χ0) is 16.8. The molecular weight excluding hydrogens is 358 g/mol. The maximum atomic E-state index is 12.6. The van der Waals surface area contributed by atoms with E-state index >= 15 is 0 Å². The number of nitrogens with zero attached hydrogens (tertiary/aromatic N) is 2. The van der Waals surface area contributed by atoms with Crippen LogP contribution in [0.25, 0.3) is 0 Å². The Hall–Kier alpha value is -1.05. The standard InChI is InChI=1S/C17H21N3OS3/c1-2-3-11-22-16-19-20-17(24-16)23-14(12-7-5-4-6-8-12)15(21)18-13-9-10-13/h4-8,13-14H,2-3,9-11H2,1H3,(H,18,21). The van der Waals surface area contributed by atoms with Crippen LogP contribution in [0.3, 0.4) is 0 Å². The van der Waals surface area contributed by atoms with Gasteiger partial charge in [0, 0.05) is 11.8 Å². The van der Waals surface area contributed by atoms with E-state index in [4.69, 9.17) is 0 Å². The van der Waals surface area contributed by atoms with Crippen molar-refractivity contribution in [3.63, 3.8) is 0 Å². The van der Waals surface area contributed by atoms with Crippen LogP contribution in [-0.4, -0.2) is 27.9 Å². The van der Waals surface area contributed by atoms with Gasteiger partial charge in [-0.05, 0) is 24.8 Å². The van der Waals surface area contributed by atoms with Gasteiger partial charge in [0.1, 0.15) is 5.25 Å². The lowest BCUT2D eigenvalue weighted by Gasteiger charge is -2.15. The molecular formula is C17H21N3OS3. The van der Waals surface area contributed by atoms with Crippen LogP contribution < -0.4 is 5.32 Å². The van der Waals surface area contributed by atoms with E-state index < -0.39 is 0 Å². The van der Waals surface area contributed by atoms with Gasteiger partial charge in [0.25, 0.3) is 0 Å². The van der Waals surface area contributed by atoms with Gasteiger partial charge >= 0.3 is 0 Å². The highest BCUT2D eigenvalue weighted by Crippen LogP contribution is 2.39. The summed E-state index contributed by atoms with van der Waals surface area (Å²) >= 11 is 4.83. The quantitative estimate of drug-likeness (QED) is 0.512. The molecule has 1 unspecified atom stereocenters. The molecule has 0 radical (unpaired) electrons. The summed E-state index contributed by atoms with van der Waals surface area (Å²) < 4.78 is 1.84. The number of thioether (sulfide) groups is 2. The average Bonchev–Trinajstić information content (AvgIpc) is 3.30. The molecule has 1 heterocycles. The Morgan fingerprint density at radius 3 is 2.75 bits per heavy atom. The summed E-state index contributed by atoms with van der Waals surface area (Å²) in [5, 5.41) is 11.4. The molecule has 4 nitrogen and oxygen atoms in total. The minimum Gasteiger partial charge on any atom is -0.352 e. The summed E-state index contributed by atoms with van der Waals surface area (Å²) in [5.41, 5.74) is 1.01. The third-order valence-corrected chi connectivity index (χ3v) is 7.08. The van der Waals surface area contributed by atoms with Crippen LogP contribution in [-0.2, 0) is 4.79 Å². The molecule has 0 saturated heterocycles. The number of benzene rings is 1. The predicted molar refractivity (Wildman–Crippen MR) is 102 cm³/mol. The van der Waals surface area contributed by atoms with Crippen molar-refractivity contribution < 1.29 is 4.79 Å². The van der Waals surface area contributed by atoms with Gasteiger partial charge < -0.3 is 5.32 Å². The van der Waals surface area contributed by atoms with Gasteiger partial charge in [0.15, 0.2) is 8.68 Å². The normalized spacial score (nSPS) is 15.2. The van der Waals surface area contributed by atoms with E-state index in [1.165, 1.54) is 24.6 Å². The second kappa shape index (κ2) is 8.87. The summed E-state index contributed by atoms with van der Waals surface area (Å²) in [7, 11) is 0. The molecule has 1 aromatic carbocycles. The molecule has 1 fully saturated rings. The number of amides is 1. The third kappa shape index (κ3) is 5.22. The van der Waals surface area contributed by atoms with Crippen LogP contribution in [0.1, 0.15) is 43.4 Å². The van der Waals surface area contributed by atoms with Crippen molar-refractivity contribution >= 4 is 40.8 Å². The molecule has 1 N–H and O–H groups in total. The molecule has 1 amide bonds. The number of unbranched alkanes of at least 4 members (excludes halogenated alkanes) is 1. The minimum atomic E-state index is -0.270. The first-order valence-electron chi connectivity index (χ1n) is 8.24. The maximum absolute atomic E-state index is 12.6. The lowest BCUT2D eigenvalue weighted by molar-refractivity contribution is -0.120. The second-order valence-corrected chi connectivity index (χ2v) is 9.40. The van der Waals surface area contributed by atoms with E-state index in [1.54, 1.807) is 23.1 Å². The molecule has 3 rings (SSSR count). The van der Waals surface area contributed by atoms with Gasteiger partial charge in [0.2, 0.25) is 5.91 Å². The van der Waals surface area contributed by atoms with Crippen molar-refractivity contribution in [3.8, 4) is 0 Å². The number of carbonyl (C=O) groups excluding carboxylic acids is 1. The van der Waals surface area contributed by atoms with Crippen LogP contribution in [0.2, 0.25) is 0 Å². The summed E-state index contributed by atoms with van der Waals surface area (Å²) in [4.78, 5) is 12.6. The second-order valence-electron chi connectivity index (χ2n) is 5.73. The molecule has 0 aliphatic heterocycles. The number of nitrogens with one attached hydrogen (secondary N) is 1. The highest BCUT2D eigenvalue weighted by Gasteiger charge is 2.29. The van der Waals surface area contributed by atoms with Gasteiger partial charge in [-0.25, -0.2) is 0 Å². The zero-order valence-electron chi connectivity index (χ0n) is 13.6. The Kier molecular flexibility index (Phi) is 6.57. The number of aromatic nitrogens is 2. The SMILES string of the molecule is CCCCSc1nnc(SC(C(=O)NC2CC2)c2ccccc2)s1. The van der Waals surface area contributed by atoms with Gasteiger partial charge in [-0.3, -0.25) is 4.79 Å². The highest BCUT2D eigenvalue weighted by atomic mass is 32.2. The molecule has 0 bridgehead atoms. The largest absolute Gasteiger partial charge is 0.352 e. The zero-order valence-corrected chi connectivity index (χ0v) is 16.1. The summed E-state index contributed by atoms with van der Waals surface area (Å²) in [6, 6.07) is 10.3. The van der Waals surface area contributed by atoms with Crippen LogP contribution >= 0.6 is 34.9 Å². The fraction of sp³-hybridized carbons (Fsp3) is 0.471. The molecule has 24 heavy (non-hydrogen) atoms. The van der Waals surface area contributed by atoms with Crippen molar-refractivity contribution in [2.45, 2.75) is 52.6 Å². The Morgan fingerprint density at radius 1 is 1.29 bits per heavy atom. The van der Waals surface area contributed by atoms with Crippen LogP contribution in [0.15, 0.2) is 39.0 Å². The highest BCUT2D eigenvalue weighted by molar-refractivity contribution is 8.03. The molecule has 1 aliphatic carbocycles. The molecule has 0 spiro atoms. The van der Waals surface area contributed by atoms with Gasteiger partial charge in [0.05, 0.1) is 0 Å². The van der Waals surface area contributed by atoms with Gasteiger partial charge in [-0.15, -0.1) is 10.2 Å². The molecule has 128 valence electrons. The number of hydrogen-bond acceptors (Lipinski definition) is 6. The molecule has 1 atom stereocenters. The predicted octanol–water partition coefficient (Wildman–Crippen LogP) is 4.54. The summed E-state index contributed by atoms with van der Waals surface area (Å²) in [5.74, 6) is 1.14. The van der Waals surface area contributed by atoms with E-state index in [2.05, 4.69) is 22.4 Å². The molecule has 2 aromatic rings. The van der Waals surface area contributed by atoms with E-state index in [0.29, 0.717) is 6.04 Å². The lowest BCUT2D eigenvalue weighted by atomic mass is 10.1. The van der Waals surface area contributed by atoms with Crippen molar-refractivity contribution in [1.82, 2.24) is 15.5 Å². The van der Waals surface area contributed by atoms with Crippen molar-refractivity contribution in [2.75, 3.05) is 5.75 Å². The topological polar surface area (TPSA) is 54.9 Å². The van der Waals surface area contributed by atoms with Crippen molar-refractivity contribution in [2.24, 2.45) is 0 Å². The summed E-state index contributed by atoms with van der Waals surface area (Å²) in [6.07, 6.45) is 4.55. The van der Waals surface area contributed by atoms with E-state index in [9.17, 15) is 4.79 Å². The lowest BCUT2D eigenvalue weighted by Crippen LogP contribution is -2.29. The van der Waals surface area contributed by atoms with Crippen LogP contribution in [0.4, 0.5) is 0 Å². The van der Waals surface area contributed by atoms with Crippen LogP contribution in [0, 0.1) is 0 Å². The van der Waals surface area contributed by atoms with Crippen molar-refractivity contribution in [3.05, 3.63) is 35.9 Å². The Bertz CT molecular complexity index is 658. The first kappa shape index (κ1) is 17.8. The number of carbonyl (C=O) groups is 1. The van der Waals surface area contributed by atoms with Crippen molar-refractivity contribution in [1.29, 1.82) is 0 Å². The maximum Gasteiger partial charge on any atom is 0.238 e. The van der Waals surface area contributed by atoms with E-state index in [-0.39, 0.29) is 11.2 Å². The molecule has 7 heteroatoms.